The summed E-state index contributed by atoms with van der Waals surface area (Å²) < 4.78 is 0.831. The summed E-state index contributed by atoms with van der Waals surface area (Å²) in [7, 11) is 1.46. The third kappa shape index (κ3) is 3.82. The van der Waals surface area contributed by atoms with Crippen LogP contribution in [0.2, 0.25) is 0 Å². The predicted octanol–water partition coefficient (Wildman–Crippen LogP) is 1.39. The van der Waals surface area contributed by atoms with Crippen molar-refractivity contribution in [3.05, 3.63) is 11.1 Å². The SMILES string of the molecule is CNC(=O)NC(=O)[C@@H](C)Sc1nc(C)cs1. The van der Waals surface area contributed by atoms with E-state index >= 15 is 0 Å². The van der Waals surface area contributed by atoms with Gasteiger partial charge in [0.15, 0.2) is 4.34 Å². The predicted molar refractivity (Wildman–Crippen MR) is 64.8 cm³/mol. The van der Waals surface area contributed by atoms with Crippen molar-refractivity contribution in [1.82, 2.24) is 15.6 Å². The topological polar surface area (TPSA) is 71.1 Å². The summed E-state index contributed by atoms with van der Waals surface area (Å²) in [5.41, 5.74) is 0.936. The van der Waals surface area contributed by atoms with Crippen molar-refractivity contribution in [3.8, 4) is 0 Å². The van der Waals surface area contributed by atoms with Crippen LogP contribution in [0, 0.1) is 6.92 Å². The summed E-state index contributed by atoms with van der Waals surface area (Å²) in [6, 6.07) is -0.493. The van der Waals surface area contributed by atoms with Crippen LogP contribution in [0.5, 0.6) is 0 Å². The summed E-state index contributed by atoms with van der Waals surface area (Å²) in [4.78, 5) is 26.7. The Kier molecular flexibility index (Phi) is 4.75. The summed E-state index contributed by atoms with van der Waals surface area (Å²) in [5, 5.41) is 6.13. The number of nitrogens with zero attached hydrogens (tertiary/aromatic N) is 1. The zero-order valence-electron chi connectivity index (χ0n) is 9.23. The molecule has 0 saturated heterocycles. The lowest BCUT2D eigenvalue weighted by atomic mass is 10.4. The van der Waals surface area contributed by atoms with Crippen LogP contribution in [-0.4, -0.2) is 29.2 Å². The quantitative estimate of drug-likeness (QED) is 0.805. The number of carbonyl (C=O) groups is 2. The van der Waals surface area contributed by atoms with Crippen LogP contribution in [0.4, 0.5) is 4.79 Å². The minimum Gasteiger partial charge on any atom is -0.341 e. The number of thioether (sulfide) groups is 1. The number of hydrogen-bond acceptors (Lipinski definition) is 5. The summed E-state index contributed by atoms with van der Waals surface area (Å²) in [5.74, 6) is -0.322. The monoisotopic (exact) mass is 259 g/mol. The van der Waals surface area contributed by atoms with Gasteiger partial charge in [-0.05, 0) is 13.8 Å². The summed E-state index contributed by atoms with van der Waals surface area (Å²) >= 11 is 2.83. The number of rotatable bonds is 3. The van der Waals surface area contributed by atoms with E-state index in [2.05, 4.69) is 15.6 Å². The van der Waals surface area contributed by atoms with E-state index in [4.69, 9.17) is 0 Å². The van der Waals surface area contributed by atoms with Gasteiger partial charge in [-0.15, -0.1) is 11.3 Å². The molecule has 0 aliphatic carbocycles. The van der Waals surface area contributed by atoms with Crippen LogP contribution in [-0.2, 0) is 4.79 Å². The van der Waals surface area contributed by atoms with Gasteiger partial charge >= 0.3 is 6.03 Å². The van der Waals surface area contributed by atoms with Crippen molar-refractivity contribution in [2.24, 2.45) is 0 Å². The Bertz CT molecular complexity index is 392. The van der Waals surface area contributed by atoms with Crippen molar-refractivity contribution >= 4 is 35.0 Å². The second-order valence-electron chi connectivity index (χ2n) is 3.08. The van der Waals surface area contributed by atoms with E-state index in [9.17, 15) is 9.59 Å². The third-order valence-electron chi connectivity index (χ3n) is 1.71. The molecule has 88 valence electrons. The molecule has 1 aromatic rings. The fraction of sp³-hybridized carbons (Fsp3) is 0.444. The highest BCUT2D eigenvalue weighted by Gasteiger charge is 2.17. The maximum absolute atomic E-state index is 11.5. The molecule has 1 heterocycles. The molecule has 1 atom stereocenters. The molecule has 0 aromatic carbocycles. The Morgan fingerprint density at radius 1 is 1.56 bits per heavy atom. The van der Waals surface area contributed by atoms with Crippen molar-refractivity contribution in [3.63, 3.8) is 0 Å². The normalized spacial score (nSPS) is 11.9. The lowest BCUT2D eigenvalue weighted by Gasteiger charge is -2.08. The van der Waals surface area contributed by atoms with Gasteiger partial charge in [0.1, 0.15) is 0 Å². The molecule has 0 bridgehead atoms. The number of nitrogens with one attached hydrogen (secondary N) is 2. The minimum atomic E-state index is -0.493. The molecule has 7 heteroatoms. The standard InChI is InChI=1S/C9H13N3O2S2/c1-5-4-15-9(11-5)16-6(2)7(13)12-8(14)10-3/h4,6H,1-3H3,(H2,10,12,13,14)/t6-/m1/s1. The first-order valence-electron chi connectivity index (χ1n) is 4.64. The average Bonchev–Trinajstić information content (AvgIpc) is 2.63. The number of thiazole rings is 1. The average molecular weight is 259 g/mol. The smallest absolute Gasteiger partial charge is 0.321 e. The number of amides is 3. The lowest BCUT2D eigenvalue weighted by molar-refractivity contribution is -0.119. The van der Waals surface area contributed by atoms with E-state index in [-0.39, 0.29) is 11.2 Å². The minimum absolute atomic E-state index is 0.322. The summed E-state index contributed by atoms with van der Waals surface area (Å²) in [6.07, 6.45) is 0. The maximum Gasteiger partial charge on any atom is 0.321 e. The fourth-order valence-corrected chi connectivity index (χ4v) is 2.85. The largest absolute Gasteiger partial charge is 0.341 e. The van der Waals surface area contributed by atoms with Gasteiger partial charge in [0.2, 0.25) is 5.91 Å². The molecule has 0 radical (unpaired) electrons. The molecule has 0 aliphatic rings. The van der Waals surface area contributed by atoms with E-state index in [0.717, 1.165) is 10.0 Å². The highest BCUT2D eigenvalue weighted by molar-refractivity contribution is 8.02. The van der Waals surface area contributed by atoms with Crippen LogP contribution in [0.1, 0.15) is 12.6 Å². The molecule has 5 nitrogen and oxygen atoms in total. The van der Waals surface area contributed by atoms with Gasteiger partial charge in [-0.25, -0.2) is 9.78 Å². The number of carbonyl (C=O) groups excluding carboxylic acids is 2. The molecular weight excluding hydrogens is 246 g/mol. The first-order valence-corrected chi connectivity index (χ1v) is 6.40. The zero-order chi connectivity index (χ0) is 12.1. The van der Waals surface area contributed by atoms with Gasteiger partial charge in [0.05, 0.1) is 5.25 Å². The molecular formula is C9H13N3O2S2. The van der Waals surface area contributed by atoms with Gasteiger partial charge in [0, 0.05) is 18.1 Å². The number of hydrogen-bond donors (Lipinski definition) is 2. The van der Waals surface area contributed by atoms with Crippen LogP contribution in [0.25, 0.3) is 0 Å². The molecule has 1 aromatic heterocycles. The molecule has 3 amide bonds. The molecule has 16 heavy (non-hydrogen) atoms. The highest BCUT2D eigenvalue weighted by atomic mass is 32.2. The first kappa shape index (κ1) is 13.0. The third-order valence-corrected chi connectivity index (χ3v) is 3.90. The molecule has 0 saturated carbocycles. The van der Waals surface area contributed by atoms with Crippen molar-refractivity contribution in [2.45, 2.75) is 23.4 Å². The number of urea groups is 1. The fourth-order valence-electron chi connectivity index (χ4n) is 0.867. The molecule has 0 aliphatic heterocycles. The van der Waals surface area contributed by atoms with Gasteiger partial charge < -0.3 is 5.32 Å². The van der Waals surface area contributed by atoms with Crippen molar-refractivity contribution in [2.75, 3.05) is 7.05 Å². The Balaban J connectivity index is 2.48. The van der Waals surface area contributed by atoms with Crippen LogP contribution >= 0.6 is 23.1 Å². The molecule has 0 spiro atoms. The molecule has 0 unspecified atom stereocenters. The van der Waals surface area contributed by atoms with Crippen LogP contribution in [0.3, 0.4) is 0 Å². The van der Waals surface area contributed by atoms with Gasteiger partial charge in [-0.2, -0.15) is 0 Å². The second kappa shape index (κ2) is 5.86. The Morgan fingerprint density at radius 2 is 2.25 bits per heavy atom. The number of aryl methyl sites for hydroxylation is 1. The van der Waals surface area contributed by atoms with Crippen LogP contribution < -0.4 is 10.6 Å². The Hall–Kier alpha value is -1.08. The molecule has 1 rings (SSSR count). The highest BCUT2D eigenvalue weighted by Crippen LogP contribution is 2.26. The van der Waals surface area contributed by atoms with Crippen LogP contribution in [0.15, 0.2) is 9.72 Å². The second-order valence-corrected chi connectivity index (χ2v) is 5.53. The number of aromatic nitrogens is 1. The van der Waals surface area contributed by atoms with Gasteiger partial charge in [-0.1, -0.05) is 11.8 Å². The first-order chi connectivity index (χ1) is 7.52. The zero-order valence-corrected chi connectivity index (χ0v) is 10.9. The molecule has 0 fully saturated rings. The van der Waals surface area contributed by atoms with E-state index in [0.29, 0.717) is 0 Å². The van der Waals surface area contributed by atoms with E-state index in [1.54, 1.807) is 6.92 Å². The Morgan fingerprint density at radius 3 is 2.75 bits per heavy atom. The molecule has 2 N–H and O–H groups in total. The van der Waals surface area contributed by atoms with E-state index in [1.807, 2.05) is 12.3 Å². The van der Waals surface area contributed by atoms with E-state index in [1.165, 1.54) is 30.1 Å². The van der Waals surface area contributed by atoms with Crippen molar-refractivity contribution in [1.29, 1.82) is 0 Å². The van der Waals surface area contributed by atoms with Gasteiger partial charge in [-0.3, -0.25) is 10.1 Å². The van der Waals surface area contributed by atoms with E-state index < -0.39 is 6.03 Å². The van der Waals surface area contributed by atoms with Gasteiger partial charge in [0.25, 0.3) is 0 Å². The van der Waals surface area contributed by atoms with Crippen molar-refractivity contribution < 1.29 is 9.59 Å². The maximum atomic E-state index is 11.5. The Labute approximate surface area is 102 Å². The lowest BCUT2D eigenvalue weighted by Crippen LogP contribution is -2.41. The summed E-state index contributed by atoms with van der Waals surface area (Å²) in [6.45, 7) is 3.63. The number of imide groups is 1.